The highest BCUT2D eigenvalue weighted by Gasteiger charge is 2.40. The summed E-state index contributed by atoms with van der Waals surface area (Å²) in [5, 5.41) is 6.61. The topological polar surface area (TPSA) is 41.1 Å². The van der Waals surface area contributed by atoms with Gasteiger partial charge in [-0.15, -0.1) is 0 Å². The van der Waals surface area contributed by atoms with Crippen molar-refractivity contribution in [2.24, 2.45) is 11.8 Å². The summed E-state index contributed by atoms with van der Waals surface area (Å²) >= 11 is 5.80. The van der Waals surface area contributed by atoms with Crippen LogP contribution in [0.25, 0.3) is 0 Å². The van der Waals surface area contributed by atoms with Gasteiger partial charge in [-0.1, -0.05) is 18.0 Å². The van der Waals surface area contributed by atoms with Crippen molar-refractivity contribution in [3.63, 3.8) is 0 Å². The monoisotopic (exact) mass is 264 g/mol. The van der Waals surface area contributed by atoms with Crippen LogP contribution in [0.3, 0.4) is 0 Å². The van der Waals surface area contributed by atoms with Crippen molar-refractivity contribution >= 4 is 23.3 Å². The molecule has 2 N–H and O–H groups in total. The van der Waals surface area contributed by atoms with Crippen LogP contribution in [0.15, 0.2) is 24.3 Å². The number of carbonyl (C=O) groups excluding carboxylic acids is 1. The Morgan fingerprint density at radius 3 is 2.56 bits per heavy atom. The van der Waals surface area contributed by atoms with E-state index < -0.39 is 0 Å². The SMILES string of the molecule is O=C(Nc1ccc(Cl)cc1)N[C@H]1C[C@H]2CC[C@H]1C2. The van der Waals surface area contributed by atoms with Crippen LogP contribution in [-0.4, -0.2) is 12.1 Å². The summed E-state index contributed by atoms with van der Waals surface area (Å²) in [6, 6.07) is 7.43. The van der Waals surface area contributed by atoms with Crippen molar-refractivity contribution in [2.45, 2.75) is 31.7 Å². The van der Waals surface area contributed by atoms with E-state index in [4.69, 9.17) is 11.6 Å². The Kier molecular flexibility index (Phi) is 3.16. The minimum absolute atomic E-state index is 0.102. The molecule has 3 nitrogen and oxygen atoms in total. The van der Waals surface area contributed by atoms with Gasteiger partial charge in [0.15, 0.2) is 0 Å². The molecule has 0 aliphatic heterocycles. The van der Waals surface area contributed by atoms with Gasteiger partial charge in [0.2, 0.25) is 0 Å². The van der Waals surface area contributed by atoms with Crippen molar-refractivity contribution in [3.8, 4) is 0 Å². The van der Waals surface area contributed by atoms with Crippen LogP contribution in [0.1, 0.15) is 25.7 Å². The van der Waals surface area contributed by atoms with E-state index in [0.717, 1.165) is 18.0 Å². The number of halogens is 1. The number of rotatable bonds is 2. The third kappa shape index (κ3) is 2.46. The van der Waals surface area contributed by atoms with Gasteiger partial charge in [0.05, 0.1) is 0 Å². The van der Waals surface area contributed by atoms with Crippen molar-refractivity contribution in [2.75, 3.05) is 5.32 Å². The standard InChI is InChI=1S/C14H17ClN2O/c15-11-3-5-12(6-4-11)16-14(18)17-13-8-9-1-2-10(13)7-9/h3-6,9-10,13H,1-2,7-8H2,(H2,16,17,18)/t9-,10-,13-/m0/s1. The van der Waals surface area contributed by atoms with Gasteiger partial charge in [0.25, 0.3) is 0 Å². The summed E-state index contributed by atoms with van der Waals surface area (Å²) in [7, 11) is 0. The second-order valence-electron chi connectivity index (χ2n) is 5.39. The number of hydrogen-bond donors (Lipinski definition) is 2. The van der Waals surface area contributed by atoms with Crippen LogP contribution >= 0.6 is 11.6 Å². The van der Waals surface area contributed by atoms with Gasteiger partial charge in [0, 0.05) is 16.8 Å². The largest absolute Gasteiger partial charge is 0.335 e. The molecule has 2 aliphatic carbocycles. The van der Waals surface area contributed by atoms with Crippen LogP contribution in [-0.2, 0) is 0 Å². The van der Waals surface area contributed by atoms with E-state index in [1.807, 2.05) is 12.1 Å². The highest BCUT2D eigenvalue weighted by Crippen LogP contribution is 2.44. The molecule has 1 aromatic carbocycles. The number of amides is 2. The molecule has 0 aromatic heterocycles. The molecule has 18 heavy (non-hydrogen) atoms. The lowest BCUT2D eigenvalue weighted by atomic mass is 9.95. The molecule has 2 saturated carbocycles. The smallest absolute Gasteiger partial charge is 0.319 e. The van der Waals surface area contributed by atoms with E-state index in [9.17, 15) is 4.79 Å². The van der Waals surface area contributed by atoms with Gasteiger partial charge in [-0.25, -0.2) is 4.79 Å². The number of urea groups is 1. The molecule has 0 radical (unpaired) electrons. The Morgan fingerprint density at radius 1 is 1.17 bits per heavy atom. The summed E-state index contributed by atoms with van der Waals surface area (Å²) < 4.78 is 0. The number of anilines is 1. The van der Waals surface area contributed by atoms with Crippen molar-refractivity contribution in [3.05, 3.63) is 29.3 Å². The molecule has 96 valence electrons. The number of fused-ring (bicyclic) bond motifs is 2. The highest BCUT2D eigenvalue weighted by atomic mass is 35.5. The second kappa shape index (κ2) is 4.81. The van der Waals surface area contributed by atoms with E-state index in [1.54, 1.807) is 12.1 Å². The molecule has 0 spiro atoms. The zero-order valence-corrected chi connectivity index (χ0v) is 10.9. The third-order valence-corrected chi connectivity index (χ3v) is 4.41. The predicted octanol–water partition coefficient (Wildman–Crippen LogP) is 3.65. The number of hydrogen-bond acceptors (Lipinski definition) is 1. The van der Waals surface area contributed by atoms with E-state index in [1.165, 1.54) is 19.3 Å². The van der Waals surface area contributed by atoms with Gasteiger partial charge in [-0.3, -0.25) is 0 Å². The van der Waals surface area contributed by atoms with Crippen LogP contribution in [0, 0.1) is 11.8 Å². The average molecular weight is 265 g/mol. The first-order valence-corrected chi connectivity index (χ1v) is 6.91. The lowest BCUT2D eigenvalue weighted by Crippen LogP contribution is -2.40. The minimum atomic E-state index is -0.102. The summed E-state index contributed by atoms with van der Waals surface area (Å²) in [6.07, 6.45) is 5.07. The maximum atomic E-state index is 11.9. The minimum Gasteiger partial charge on any atom is -0.335 e. The first-order chi connectivity index (χ1) is 8.70. The molecule has 0 unspecified atom stereocenters. The molecule has 2 amide bonds. The third-order valence-electron chi connectivity index (χ3n) is 4.16. The van der Waals surface area contributed by atoms with Crippen molar-refractivity contribution in [1.29, 1.82) is 0 Å². The number of benzene rings is 1. The molecule has 2 fully saturated rings. The average Bonchev–Trinajstić information content (AvgIpc) is 2.94. The lowest BCUT2D eigenvalue weighted by molar-refractivity contribution is 0.242. The molecule has 4 heteroatoms. The Hall–Kier alpha value is -1.22. The Bertz CT molecular complexity index is 446. The highest BCUT2D eigenvalue weighted by molar-refractivity contribution is 6.30. The van der Waals surface area contributed by atoms with Crippen LogP contribution < -0.4 is 10.6 Å². The lowest BCUT2D eigenvalue weighted by Gasteiger charge is -2.23. The number of nitrogens with one attached hydrogen (secondary N) is 2. The van der Waals surface area contributed by atoms with Gasteiger partial charge >= 0.3 is 6.03 Å². The first kappa shape index (κ1) is 11.8. The van der Waals surface area contributed by atoms with Gasteiger partial charge in [0.1, 0.15) is 0 Å². The predicted molar refractivity (Wildman–Crippen MR) is 72.8 cm³/mol. The van der Waals surface area contributed by atoms with Crippen molar-refractivity contribution < 1.29 is 4.79 Å². The molecule has 3 rings (SSSR count). The molecule has 2 bridgehead atoms. The van der Waals surface area contributed by atoms with E-state index in [2.05, 4.69) is 10.6 Å². The Morgan fingerprint density at radius 2 is 1.94 bits per heavy atom. The Labute approximate surface area is 112 Å². The van der Waals surface area contributed by atoms with E-state index in [0.29, 0.717) is 17.0 Å². The summed E-state index contributed by atoms with van der Waals surface area (Å²) in [5.41, 5.74) is 0.778. The van der Waals surface area contributed by atoms with Gasteiger partial charge in [-0.05, 0) is 55.4 Å². The fraction of sp³-hybridized carbons (Fsp3) is 0.500. The summed E-state index contributed by atoms with van der Waals surface area (Å²) in [6.45, 7) is 0. The Balaban J connectivity index is 1.54. The first-order valence-electron chi connectivity index (χ1n) is 6.54. The molecule has 0 heterocycles. The number of carbonyl (C=O) groups is 1. The molecule has 0 saturated heterocycles. The second-order valence-corrected chi connectivity index (χ2v) is 5.82. The summed E-state index contributed by atoms with van der Waals surface area (Å²) in [4.78, 5) is 11.9. The molecule has 2 aliphatic rings. The maximum absolute atomic E-state index is 11.9. The van der Waals surface area contributed by atoms with Gasteiger partial charge in [-0.2, -0.15) is 0 Å². The maximum Gasteiger partial charge on any atom is 0.319 e. The molecular formula is C14H17ClN2O. The van der Waals surface area contributed by atoms with Crippen LogP contribution in [0.5, 0.6) is 0 Å². The molecule has 3 atom stereocenters. The fourth-order valence-electron chi connectivity index (χ4n) is 3.29. The van der Waals surface area contributed by atoms with Crippen molar-refractivity contribution in [1.82, 2.24) is 5.32 Å². The molecule has 1 aromatic rings. The molecular weight excluding hydrogens is 248 g/mol. The van der Waals surface area contributed by atoms with E-state index >= 15 is 0 Å². The zero-order valence-electron chi connectivity index (χ0n) is 10.2. The van der Waals surface area contributed by atoms with Crippen LogP contribution in [0.2, 0.25) is 5.02 Å². The quantitative estimate of drug-likeness (QED) is 0.841. The zero-order chi connectivity index (χ0) is 12.5. The van der Waals surface area contributed by atoms with Crippen LogP contribution in [0.4, 0.5) is 10.5 Å². The summed E-state index contributed by atoms with van der Waals surface area (Å²) in [5.74, 6) is 1.54. The normalized spacial score (nSPS) is 29.3. The van der Waals surface area contributed by atoms with E-state index in [-0.39, 0.29) is 6.03 Å². The fourth-order valence-corrected chi connectivity index (χ4v) is 3.42. The van der Waals surface area contributed by atoms with Gasteiger partial charge < -0.3 is 10.6 Å².